The lowest BCUT2D eigenvalue weighted by molar-refractivity contribution is -0.139. The number of hydrogen-bond donors (Lipinski definition) is 0. The Labute approximate surface area is 65.5 Å². The molecular formula is C7H12N2O2. The lowest BCUT2D eigenvalue weighted by Crippen LogP contribution is -2.49. The predicted octanol–water partition coefficient (Wildman–Crippen LogP) is 0.780. The molecule has 0 aromatic carbocycles. The summed E-state index contributed by atoms with van der Waals surface area (Å²) in [7, 11) is 0. The third kappa shape index (κ3) is 1.11. The Kier molecular flexibility index (Phi) is 1.56. The van der Waals surface area contributed by atoms with Gasteiger partial charge < -0.3 is 4.74 Å². The zero-order valence-electron chi connectivity index (χ0n) is 6.45. The average Bonchev–Trinajstić information content (AvgIpc) is 2.02. The molecule has 1 spiro atoms. The van der Waals surface area contributed by atoms with Crippen LogP contribution in [0.1, 0.15) is 12.8 Å². The summed E-state index contributed by atoms with van der Waals surface area (Å²) in [6.45, 7) is 3.40. The van der Waals surface area contributed by atoms with Gasteiger partial charge in [-0.3, -0.25) is 5.01 Å². The van der Waals surface area contributed by atoms with Gasteiger partial charge in [-0.25, -0.2) is 0 Å². The first-order chi connectivity index (χ1) is 5.35. The van der Waals surface area contributed by atoms with E-state index >= 15 is 0 Å². The lowest BCUT2D eigenvalue weighted by atomic mass is 9.77. The van der Waals surface area contributed by atoms with E-state index in [1.54, 1.807) is 5.01 Å². The summed E-state index contributed by atoms with van der Waals surface area (Å²) in [4.78, 5) is 10.1. The normalized spacial score (nSPS) is 28.2. The van der Waals surface area contributed by atoms with Crippen LogP contribution in [0.3, 0.4) is 0 Å². The van der Waals surface area contributed by atoms with Crippen LogP contribution in [0.2, 0.25) is 0 Å². The second kappa shape index (κ2) is 2.44. The van der Waals surface area contributed by atoms with Crippen molar-refractivity contribution in [2.24, 2.45) is 10.7 Å². The molecule has 0 bridgehead atoms. The second-order valence-corrected chi connectivity index (χ2v) is 3.53. The highest BCUT2D eigenvalue weighted by atomic mass is 16.5. The van der Waals surface area contributed by atoms with E-state index in [9.17, 15) is 4.91 Å². The zero-order chi connectivity index (χ0) is 7.73. The lowest BCUT2D eigenvalue weighted by Gasteiger charge is -2.45. The van der Waals surface area contributed by atoms with E-state index in [1.165, 1.54) is 0 Å². The van der Waals surface area contributed by atoms with Crippen LogP contribution in [-0.2, 0) is 4.74 Å². The third-order valence-electron chi connectivity index (χ3n) is 2.73. The number of ether oxygens (including phenoxy) is 1. The first-order valence-corrected chi connectivity index (χ1v) is 4.01. The van der Waals surface area contributed by atoms with Crippen LogP contribution in [0.15, 0.2) is 5.29 Å². The van der Waals surface area contributed by atoms with Crippen molar-refractivity contribution in [2.75, 3.05) is 26.3 Å². The number of nitroso groups, excluding NO2 is 1. The number of nitrogens with zero attached hydrogens (tertiary/aromatic N) is 2. The molecule has 0 aromatic rings. The average molecular weight is 156 g/mol. The summed E-state index contributed by atoms with van der Waals surface area (Å²) in [5.74, 6) is 0. The molecule has 2 fully saturated rings. The zero-order valence-corrected chi connectivity index (χ0v) is 6.45. The van der Waals surface area contributed by atoms with Gasteiger partial charge >= 0.3 is 0 Å². The molecule has 0 amide bonds. The van der Waals surface area contributed by atoms with Gasteiger partial charge in [-0.2, -0.15) is 0 Å². The number of rotatable bonds is 1. The summed E-state index contributed by atoms with van der Waals surface area (Å²) < 4.78 is 5.16. The van der Waals surface area contributed by atoms with E-state index < -0.39 is 0 Å². The van der Waals surface area contributed by atoms with Gasteiger partial charge in [0.25, 0.3) is 0 Å². The van der Waals surface area contributed by atoms with Crippen LogP contribution in [0.4, 0.5) is 0 Å². The van der Waals surface area contributed by atoms with Crippen molar-refractivity contribution >= 4 is 0 Å². The number of piperidine rings is 1. The van der Waals surface area contributed by atoms with Crippen molar-refractivity contribution in [1.82, 2.24) is 5.01 Å². The molecule has 0 aliphatic carbocycles. The van der Waals surface area contributed by atoms with Crippen LogP contribution < -0.4 is 0 Å². The minimum atomic E-state index is 0.418. The molecule has 11 heavy (non-hydrogen) atoms. The fourth-order valence-electron chi connectivity index (χ4n) is 1.73. The van der Waals surface area contributed by atoms with Crippen LogP contribution in [0.5, 0.6) is 0 Å². The molecule has 2 saturated heterocycles. The molecule has 0 atom stereocenters. The van der Waals surface area contributed by atoms with Gasteiger partial charge in [0, 0.05) is 18.5 Å². The summed E-state index contributed by atoms with van der Waals surface area (Å²) in [6.07, 6.45) is 2.14. The fourth-order valence-corrected chi connectivity index (χ4v) is 1.73. The molecule has 4 nitrogen and oxygen atoms in total. The minimum Gasteiger partial charge on any atom is -0.380 e. The molecule has 2 aliphatic rings. The van der Waals surface area contributed by atoms with Gasteiger partial charge in [0.2, 0.25) is 0 Å². The van der Waals surface area contributed by atoms with Crippen molar-refractivity contribution in [3.8, 4) is 0 Å². The number of hydrogen-bond acceptors (Lipinski definition) is 3. The third-order valence-corrected chi connectivity index (χ3v) is 2.73. The van der Waals surface area contributed by atoms with Gasteiger partial charge in [-0.1, -0.05) is 0 Å². The smallest absolute Gasteiger partial charge is 0.0546 e. The topological polar surface area (TPSA) is 41.9 Å². The van der Waals surface area contributed by atoms with E-state index in [4.69, 9.17) is 4.74 Å². The maximum atomic E-state index is 10.1. The fraction of sp³-hybridized carbons (Fsp3) is 1.00. The monoisotopic (exact) mass is 156 g/mol. The quantitative estimate of drug-likeness (QED) is 0.527. The molecule has 0 aromatic heterocycles. The summed E-state index contributed by atoms with van der Waals surface area (Å²) >= 11 is 0. The van der Waals surface area contributed by atoms with Crippen molar-refractivity contribution in [2.45, 2.75) is 12.8 Å². The van der Waals surface area contributed by atoms with Crippen LogP contribution in [0, 0.1) is 10.3 Å². The van der Waals surface area contributed by atoms with Gasteiger partial charge in [0.15, 0.2) is 0 Å². The van der Waals surface area contributed by atoms with Gasteiger partial charge in [0.05, 0.1) is 18.5 Å². The SMILES string of the molecule is O=NN1CCC2(CC1)COC2. The van der Waals surface area contributed by atoms with E-state index in [0.29, 0.717) is 5.41 Å². The molecular weight excluding hydrogens is 144 g/mol. The Morgan fingerprint density at radius 2 is 1.91 bits per heavy atom. The Bertz CT molecular complexity index is 158. The van der Waals surface area contributed by atoms with E-state index in [2.05, 4.69) is 5.29 Å². The highest BCUT2D eigenvalue weighted by Crippen LogP contribution is 2.38. The highest BCUT2D eigenvalue weighted by molar-refractivity contribution is 4.89. The first kappa shape index (κ1) is 7.03. The van der Waals surface area contributed by atoms with E-state index in [1.807, 2.05) is 0 Å². The molecule has 2 rings (SSSR count). The van der Waals surface area contributed by atoms with Crippen LogP contribution in [0.25, 0.3) is 0 Å². The molecule has 0 radical (unpaired) electrons. The van der Waals surface area contributed by atoms with Gasteiger partial charge in [-0.05, 0) is 12.8 Å². The van der Waals surface area contributed by atoms with Crippen molar-refractivity contribution < 1.29 is 4.74 Å². The molecule has 0 saturated carbocycles. The highest BCUT2D eigenvalue weighted by Gasteiger charge is 2.41. The van der Waals surface area contributed by atoms with E-state index in [-0.39, 0.29) is 0 Å². The van der Waals surface area contributed by atoms with Crippen molar-refractivity contribution in [1.29, 1.82) is 0 Å². The molecule has 2 aliphatic heterocycles. The maximum Gasteiger partial charge on any atom is 0.0546 e. The predicted molar refractivity (Wildman–Crippen MR) is 39.9 cm³/mol. The van der Waals surface area contributed by atoms with Crippen molar-refractivity contribution in [3.05, 3.63) is 4.91 Å². The second-order valence-electron chi connectivity index (χ2n) is 3.53. The van der Waals surface area contributed by atoms with Gasteiger partial charge in [0.1, 0.15) is 0 Å². The van der Waals surface area contributed by atoms with Crippen LogP contribution >= 0.6 is 0 Å². The summed E-state index contributed by atoms with van der Waals surface area (Å²) in [5, 5.41) is 4.51. The molecule has 2 heterocycles. The van der Waals surface area contributed by atoms with Crippen LogP contribution in [-0.4, -0.2) is 31.3 Å². The Balaban J connectivity index is 1.88. The van der Waals surface area contributed by atoms with Gasteiger partial charge in [-0.15, -0.1) is 4.91 Å². The van der Waals surface area contributed by atoms with Crippen molar-refractivity contribution in [3.63, 3.8) is 0 Å². The molecule has 4 heteroatoms. The molecule has 0 N–H and O–H groups in total. The maximum absolute atomic E-state index is 10.1. The first-order valence-electron chi connectivity index (χ1n) is 4.01. The van der Waals surface area contributed by atoms with E-state index in [0.717, 1.165) is 39.1 Å². The Hall–Kier alpha value is -0.640. The Morgan fingerprint density at radius 3 is 2.27 bits per heavy atom. The molecule has 0 unspecified atom stereocenters. The summed E-state index contributed by atoms with van der Waals surface area (Å²) in [6, 6.07) is 0. The standard InChI is InChI=1S/C7H12N2O2/c10-8-9-3-1-7(2-4-9)5-11-6-7/h1-6H2. The Morgan fingerprint density at radius 1 is 1.27 bits per heavy atom. The summed E-state index contributed by atoms with van der Waals surface area (Å²) in [5.41, 5.74) is 0.418. The minimum absolute atomic E-state index is 0.418. The largest absolute Gasteiger partial charge is 0.380 e. The molecule has 62 valence electrons.